The number of hydrogen-bond acceptors (Lipinski definition) is 3. The molecule has 0 saturated heterocycles. The number of nitrogens with one attached hydrogen (secondary N) is 1. The molecule has 4 aromatic rings. The molecule has 5 nitrogen and oxygen atoms in total. The van der Waals surface area contributed by atoms with Gasteiger partial charge in [0.2, 0.25) is 0 Å². The Morgan fingerprint density at radius 1 is 1.17 bits per heavy atom. The smallest absolute Gasteiger partial charge is 0.255 e. The summed E-state index contributed by atoms with van der Waals surface area (Å²) in [5, 5.41) is 4.10. The van der Waals surface area contributed by atoms with Crippen LogP contribution in [0.1, 0.15) is 34.5 Å². The van der Waals surface area contributed by atoms with E-state index in [0.29, 0.717) is 11.3 Å². The average molecular weight is 403 g/mol. The van der Waals surface area contributed by atoms with Crippen molar-refractivity contribution < 1.29 is 13.9 Å². The van der Waals surface area contributed by atoms with Crippen LogP contribution in [0.25, 0.3) is 10.9 Å². The number of pyridine rings is 1. The lowest BCUT2D eigenvalue weighted by Crippen LogP contribution is -2.29. The molecule has 1 amide bonds. The largest absolute Gasteiger partial charge is 0.496 e. The van der Waals surface area contributed by atoms with Crippen LogP contribution >= 0.6 is 0 Å². The summed E-state index contributed by atoms with van der Waals surface area (Å²) in [6.07, 6.45) is 5.56. The molecule has 2 aromatic heterocycles. The van der Waals surface area contributed by atoms with E-state index in [2.05, 4.69) is 21.8 Å². The van der Waals surface area contributed by atoms with Crippen molar-refractivity contribution in [3.63, 3.8) is 0 Å². The lowest BCUT2D eigenvalue weighted by atomic mass is 9.98. The van der Waals surface area contributed by atoms with Crippen LogP contribution in [0.2, 0.25) is 0 Å². The number of methoxy groups -OCH3 is 1. The number of aromatic nitrogens is 2. The highest BCUT2D eigenvalue weighted by Crippen LogP contribution is 2.31. The van der Waals surface area contributed by atoms with Crippen molar-refractivity contribution in [1.29, 1.82) is 0 Å². The van der Waals surface area contributed by atoms with Gasteiger partial charge in [0.1, 0.15) is 11.6 Å². The lowest BCUT2D eigenvalue weighted by molar-refractivity contribution is 0.0940. The van der Waals surface area contributed by atoms with Gasteiger partial charge in [0, 0.05) is 29.9 Å². The number of rotatable bonds is 6. The van der Waals surface area contributed by atoms with E-state index in [4.69, 9.17) is 4.74 Å². The molecule has 0 aliphatic carbocycles. The summed E-state index contributed by atoms with van der Waals surface area (Å²) < 4.78 is 21.0. The molecule has 30 heavy (non-hydrogen) atoms. The fraction of sp³-hybridized carbons (Fsp3) is 0.167. The number of ether oxygens (including phenoxy) is 1. The van der Waals surface area contributed by atoms with Crippen LogP contribution in [0.5, 0.6) is 5.75 Å². The monoisotopic (exact) mass is 403 g/mol. The van der Waals surface area contributed by atoms with Crippen LogP contribution in [0, 0.1) is 5.82 Å². The summed E-state index contributed by atoms with van der Waals surface area (Å²) in [7, 11) is 1.53. The first-order valence-electron chi connectivity index (χ1n) is 9.74. The highest BCUT2D eigenvalue weighted by atomic mass is 19.1. The van der Waals surface area contributed by atoms with Gasteiger partial charge in [-0.3, -0.25) is 9.78 Å². The topological polar surface area (TPSA) is 56.2 Å². The summed E-state index contributed by atoms with van der Waals surface area (Å²) in [5.74, 6) is -0.102. The zero-order valence-corrected chi connectivity index (χ0v) is 16.8. The Labute approximate surface area is 174 Å². The van der Waals surface area contributed by atoms with Gasteiger partial charge in [-0.2, -0.15) is 0 Å². The predicted octanol–water partition coefficient (Wildman–Crippen LogP) is 4.72. The second-order valence-corrected chi connectivity index (χ2v) is 6.92. The van der Waals surface area contributed by atoms with Gasteiger partial charge < -0.3 is 14.6 Å². The number of amides is 1. The summed E-state index contributed by atoms with van der Waals surface area (Å²) >= 11 is 0. The molecule has 4 rings (SSSR count). The van der Waals surface area contributed by atoms with Crippen molar-refractivity contribution in [1.82, 2.24) is 14.9 Å². The fourth-order valence-corrected chi connectivity index (χ4v) is 3.69. The van der Waals surface area contributed by atoms with Crippen molar-refractivity contribution in [3.05, 3.63) is 95.7 Å². The van der Waals surface area contributed by atoms with Crippen LogP contribution in [0.15, 0.2) is 73.2 Å². The van der Waals surface area contributed by atoms with Crippen LogP contribution in [-0.4, -0.2) is 22.6 Å². The summed E-state index contributed by atoms with van der Waals surface area (Å²) in [6.45, 7) is 2.81. The van der Waals surface area contributed by atoms with E-state index >= 15 is 0 Å². The van der Waals surface area contributed by atoms with Gasteiger partial charge in [0.05, 0.1) is 30.4 Å². The molecule has 0 spiro atoms. The van der Waals surface area contributed by atoms with Crippen LogP contribution in [0.3, 0.4) is 0 Å². The van der Waals surface area contributed by atoms with Gasteiger partial charge in [-0.15, -0.1) is 0 Å². The first kappa shape index (κ1) is 19.6. The van der Waals surface area contributed by atoms with Gasteiger partial charge in [-0.1, -0.05) is 24.3 Å². The number of nitrogens with zero attached hydrogens (tertiary/aromatic N) is 2. The van der Waals surface area contributed by atoms with Crippen molar-refractivity contribution in [3.8, 4) is 5.75 Å². The minimum Gasteiger partial charge on any atom is -0.496 e. The molecule has 1 N–H and O–H groups in total. The molecule has 0 unspecified atom stereocenters. The highest BCUT2D eigenvalue weighted by molar-refractivity contribution is 5.98. The normalized spacial score (nSPS) is 12.0. The Morgan fingerprint density at radius 2 is 1.93 bits per heavy atom. The molecule has 0 bridgehead atoms. The number of benzene rings is 2. The predicted molar refractivity (Wildman–Crippen MR) is 114 cm³/mol. The third kappa shape index (κ3) is 3.64. The standard InChI is InChI=1S/C24H22FN3O2/c1-3-28-15-20(18-12-13-26-14-21(18)28)23(16-8-10-17(25)11-9-16)27-24(29)19-6-4-5-7-22(19)30-2/h4-15,23H,3H2,1-2H3,(H,27,29)/t23-/m0/s1. The average Bonchev–Trinajstić information content (AvgIpc) is 3.16. The van der Waals surface area contributed by atoms with Crippen molar-refractivity contribution in [2.75, 3.05) is 7.11 Å². The number of para-hydroxylation sites is 1. The number of halogens is 1. The number of aryl methyl sites for hydroxylation is 1. The second kappa shape index (κ2) is 8.37. The molecule has 2 heterocycles. The Hall–Kier alpha value is -3.67. The number of carbonyl (C=O) groups excluding carboxylic acids is 1. The molecular weight excluding hydrogens is 381 g/mol. The first-order chi connectivity index (χ1) is 14.6. The molecule has 152 valence electrons. The first-order valence-corrected chi connectivity index (χ1v) is 9.74. The number of carbonyl (C=O) groups is 1. The van der Waals surface area contributed by atoms with Crippen LogP contribution < -0.4 is 10.1 Å². The zero-order chi connectivity index (χ0) is 21.1. The molecule has 0 fully saturated rings. The number of fused-ring (bicyclic) bond motifs is 1. The molecule has 0 radical (unpaired) electrons. The van der Waals surface area contributed by atoms with E-state index in [0.717, 1.165) is 28.6 Å². The Balaban J connectivity index is 1.82. The maximum absolute atomic E-state index is 13.6. The van der Waals surface area contributed by atoms with Gasteiger partial charge in [-0.05, 0) is 42.8 Å². The molecule has 1 atom stereocenters. The fourth-order valence-electron chi connectivity index (χ4n) is 3.69. The van der Waals surface area contributed by atoms with Crippen molar-refractivity contribution in [2.45, 2.75) is 19.5 Å². The van der Waals surface area contributed by atoms with E-state index in [1.165, 1.54) is 19.2 Å². The quantitative estimate of drug-likeness (QED) is 0.507. The SMILES string of the molecule is CCn1cc([C@@H](NC(=O)c2ccccc2OC)c2ccc(F)cc2)c2ccncc21. The molecular formula is C24H22FN3O2. The third-order valence-corrected chi connectivity index (χ3v) is 5.20. The number of hydrogen-bond donors (Lipinski definition) is 1. The van der Waals surface area contributed by atoms with Crippen LogP contribution in [0.4, 0.5) is 4.39 Å². The Bertz CT molecular complexity index is 1180. The maximum Gasteiger partial charge on any atom is 0.255 e. The van der Waals surface area contributed by atoms with Crippen molar-refractivity contribution >= 4 is 16.8 Å². The van der Waals surface area contributed by atoms with Gasteiger partial charge in [0.25, 0.3) is 5.91 Å². The van der Waals surface area contributed by atoms with E-state index < -0.39 is 6.04 Å². The molecule has 6 heteroatoms. The molecule has 0 aliphatic rings. The maximum atomic E-state index is 13.6. The molecule has 0 saturated carbocycles. The van der Waals surface area contributed by atoms with Crippen molar-refractivity contribution in [2.24, 2.45) is 0 Å². The van der Waals surface area contributed by atoms with Gasteiger partial charge in [-0.25, -0.2) is 4.39 Å². The van der Waals surface area contributed by atoms with Crippen LogP contribution in [-0.2, 0) is 6.54 Å². The van der Waals surface area contributed by atoms with E-state index in [-0.39, 0.29) is 11.7 Å². The summed E-state index contributed by atoms with van der Waals surface area (Å²) in [4.78, 5) is 17.4. The minimum atomic E-state index is -0.472. The highest BCUT2D eigenvalue weighted by Gasteiger charge is 2.23. The molecule has 0 aliphatic heterocycles. The van der Waals surface area contributed by atoms with E-state index in [9.17, 15) is 9.18 Å². The summed E-state index contributed by atoms with van der Waals surface area (Å²) in [5.41, 5.74) is 3.12. The zero-order valence-electron chi connectivity index (χ0n) is 16.8. The minimum absolute atomic E-state index is 0.270. The Kier molecular flexibility index (Phi) is 5.48. The molecule has 2 aromatic carbocycles. The van der Waals surface area contributed by atoms with E-state index in [1.54, 1.807) is 36.5 Å². The Morgan fingerprint density at radius 3 is 2.67 bits per heavy atom. The van der Waals surface area contributed by atoms with Gasteiger partial charge >= 0.3 is 0 Å². The summed E-state index contributed by atoms with van der Waals surface area (Å²) in [6, 6.07) is 14.7. The lowest BCUT2D eigenvalue weighted by Gasteiger charge is -2.20. The third-order valence-electron chi connectivity index (χ3n) is 5.20. The van der Waals surface area contributed by atoms with E-state index in [1.807, 2.05) is 24.5 Å². The second-order valence-electron chi connectivity index (χ2n) is 6.92. The van der Waals surface area contributed by atoms with Gasteiger partial charge in [0.15, 0.2) is 0 Å².